The second-order valence-electron chi connectivity index (χ2n) is 5.95. The van der Waals surface area contributed by atoms with Crippen molar-refractivity contribution in [2.45, 2.75) is 0 Å². The van der Waals surface area contributed by atoms with Crippen LogP contribution < -0.4 is 9.47 Å². The van der Waals surface area contributed by atoms with Gasteiger partial charge >= 0.3 is 5.97 Å². The van der Waals surface area contributed by atoms with E-state index < -0.39 is 11.8 Å². The van der Waals surface area contributed by atoms with Gasteiger partial charge in [-0.3, -0.25) is 4.79 Å². The molecule has 0 saturated carbocycles. The summed E-state index contributed by atoms with van der Waals surface area (Å²) >= 11 is 5.94. The number of carbonyl (C=O) groups excluding carboxylic acids is 2. The third-order valence-electron chi connectivity index (χ3n) is 4.08. The summed E-state index contributed by atoms with van der Waals surface area (Å²) in [5, 5.41) is 0.215. The number of rotatable bonds is 6. The summed E-state index contributed by atoms with van der Waals surface area (Å²) in [6.45, 7) is 0. The van der Waals surface area contributed by atoms with Crippen molar-refractivity contribution in [2.24, 2.45) is 0 Å². The Bertz CT molecular complexity index is 1050. The second-order valence-corrected chi connectivity index (χ2v) is 6.35. The Balaban J connectivity index is 1.70. The predicted octanol–water partition coefficient (Wildman–Crippen LogP) is 5.60. The highest BCUT2D eigenvalue weighted by Gasteiger charge is 2.14. The van der Waals surface area contributed by atoms with Gasteiger partial charge in [-0.2, -0.15) is 0 Å². The number of benzene rings is 3. The van der Waals surface area contributed by atoms with Crippen molar-refractivity contribution < 1.29 is 23.5 Å². The molecule has 0 aromatic heterocycles. The van der Waals surface area contributed by atoms with Gasteiger partial charge < -0.3 is 9.47 Å². The predicted molar refractivity (Wildman–Crippen MR) is 109 cm³/mol. The first kappa shape index (κ1) is 20.3. The molecule has 0 bridgehead atoms. The van der Waals surface area contributed by atoms with Gasteiger partial charge in [-0.05, 0) is 60.7 Å². The quantitative estimate of drug-likeness (QED) is 0.229. The maximum Gasteiger partial charge on any atom is 0.347 e. The maximum atomic E-state index is 13.8. The van der Waals surface area contributed by atoms with Crippen LogP contribution in [-0.2, 0) is 0 Å². The van der Waals surface area contributed by atoms with Crippen molar-refractivity contribution in [3.05, 3.63) is 100 Å². The molecule has 0 fully saturated rings. The van der Waals surface area contributed by atoms with Crippen molar-refractivity contribution in [1.82, 2.24) is 0 Å². The van der Waals surface area contributed by atoms with E-state index in [0.29, 0.717) is 16.9 Å². The Kier molecular flexibility index (Phi) is 6.42. The smallest absolute Gasteiger partial charge is 0.347 e. The number of halogens is 2. The molecule has 3 aromatic carbocycles. The third kappa shape index (κ3) is 4.89. The molecule has 0 heterocycles. The Morgan fingerprint density at radius 2 is 1.69 bits per heavy atom. The zero-order valence-electron chi connectivity index (χ0n) is 15.4. The van der Waals surface area contributed by atoms with Crippen LogP contribution in [0.4, 0.5) is 4.39 Å². The monoisotopic (exact) mass is 410 g/mol. The van der Waals surface area contributed by atoms with Crippen LogP contribution in [0.3, 0.4) is 0 Å². The standard InChI is InChI=1S/C23H16ClFO4/c1-28-22-8-3-2-5-18(22)23(27)29-16-11-9-15(10-12-16)21(26)14-13-17-19(24)6-4-7-20(17)25/h2-14H,1H3/b14-13+. The highest BCUT2D eigenvalue weighted by atomic mass is 35.5. The Hall–Kier alpha value is -3.44. The number of allylic oxidation sites excluding steroid dienone is 1. The van der Waals surface area contributed by atoms with Gasteiger partial charge in [0.15, 0.2) is 5.78 Å². The van der Waals surface area contributed by atoms with Gasteiger partial charge in [0.1, 0.15) is 22.9 Å². The van der Waals surface area contributed by atoms with Crippen molar-refractivity contribution in [1.29, 1.82) is 0 Å². The number of esters is 1. The van der Waals surface area contributed by atoms with E-state index in [0.717, 1.165) is 0 Å². The van der Waals surface area contributed by atoms with E-state index in [1.165, 1.54) is 55.7 Å². The lowest BCUT2D eigenvalue weighted by Crippen LogP contribution is -2.10. The number of ketones is 1. The lowest BCUT2D eigenvalue weighted by molar-refractivity contribution is 0.0731. The van der Waals surface area contributed by atoms with Crippen LogP contribution in [0, 0.1) is 5.82 Å². The first-order chi connectivity index (χ1) is 14.0. The van der Waals surface area contributed by atoms with E-state index >= 15 is 0 Å². The topological polar surface area (TPSA) is 52.6 Å². The van der Waals surface area contributed by atoms with E-state index in [1.807, 2.05) is 0 Å². The zero-order valence-corrected chi connectivity index (χ0v) is 16.2. The first-order valence-electron chi connectivity index (χ1n) is 8.61. The van der Waals surface area contributed by atoms with Gasteiger partial charge in [-0.25, -0.2) is 9.18 Å². The number of para-hydroxylation sites is 1. The SMILES string of the molecule is COc1ccccc1C(=O)Oc1ccc(C(=O)/C=C/c2c(F)cccc2Cl)cc1. The van der Waals surface area contributed by atoms with Crippen molar-refractivity contribution in [2.75, 3.05) is 7.11 Å². The van der Waals surface area contributed by atoms with Crippen molar-refractivity contribution in [3.63, 3.8) is 0 Å². The van der Waals surface area contributed by atoms with E-state index in [9.17, 15) is 14.0 Å². The number of hydrogen-bond acceptors (Lipinski definition) is 4. The van der Waals surface area contributed by atoms with Crippen LogP contribution in [0.15, 0.2) is 72.8 Å². The molecule has 3 rings (SSSR count). The minimum Gasteiger partial charge on any atom is -0.496 e. The van der Waals surface area contributed by atoms with Crippen LogP contribution in [-0.4, -0.2) is 18.9 Å². The number of hydrogen-bond donors (Lipinski definition) is 0. The highest BCUT2D eigenvalue weighted by Crippen LogP contribution is 2.22. The molecular formula is C23H16ClFO4. The van der Waals surface area contributed by atoms with Gasteiger partial charge in [0.05, 0.1) is 12.1 Å². The molecule has 0 aliphatic heterocycles. The molecule has 0 radical (unpaired) electrons. The number of carbonyl (C=O) groups is 2. The molecule has 146 valence electrons. The van der Waals surface area contributed by atoms with Gasteiger partial charge in [0.2, 0.25) is 0 Å². The fourth-order valence-electron chi connectivity index (χ4n) is 2.59. The summed E-state index contributed by atoms with van der Waals surface area (Å²) in [5.74, 6) is -0.748. The lowest BCUT2D eigenvalue weighted by Gasteiger charge is -2.08. The summed E-state index contributed by atoms with van der Waals surface area (Å²) in [6.07, 6.45) is 2.57. The summed E-state index contributed by atoms with van der Waals surface area (Å²) < 4.78 is 24.2. The number of methoxy groups -OCH3 is 1. The van der Waals surface area contributed by atoms with Crippen LogP contribution in [0.25, 0.3) is 6.08 Å². The molecule has 0 aliphatic carbocycles. The molecular weight excluding hydrogens is 395 g/mol. The third-order valence-corrected chi connectivity index (χ3v) is 4.41. The largest absolute Gasteiger partial charge is 0.496 e. The summed E-state index contributed by atoms with van der Waals surface area (Å²) in [4.78, 5) is 24.6. The molecule has 0 N–H and O–H groups in total. The minimum atomic E-state index is -0.574. The average molecular weight is 411 g/mol. The molecule has 0 atom stereocenters. The summed E-state index contributed by atoms with van der Waals surface area (Å²) in [5.41, 5.74) is 0.788. The average Bonchev–Trinajstić information content (AvgIpc) is 2.73. The van der Waals surface area contributed by atoms with E-state index in [-0.39, 0.29) is 22.1 Å². The van der Waals surface area contributed by atoms with Gasteiger partial charge in [-0.1, -0.05) is 29.8 Å². The highest BCUT2D eigenvalue weighted by molar-refractivity contribution is 6.32. The van der Waals surface area contributed by atoms with Gasteiger partial charge in [0.25, 0.3) is 0 Å². The molecule has 0 amide bonds. The lowest BCUT2D eigenvalue weighted by atomic mass is 10.1. The molecule has 0 aliphatic rings. The molecule has 0 saturated heterocycles. The summed E-state index contributed by atoms with van der Waals surface area (Å²) in [7, 11) is 1.47. The molecule has 0 unspecified atom stereocenters. The van der Waals surface area contributed by atoms with Crippen molar-refractivity contribution in [3.8, 4) is 11.5 Å². The van der Waals surface area contributed by atoms with Gasteiger partial charge in [0, 0.05) is 11.1 Å². The van der Waals surface area contributed by atoms with Crippen LogP contribution >= 0.6 is 11.6 Å². The Labute approximate surface area is 172 Å². The normalized spacial score (nSPS) is 10.7. The van der Waals surface area contributed by atoms with Gasteiger partial charge in [-0.15, -0.1) is 0 Å². The molecule has 4 nitrogen and oxygen atoms in total. The van der Waals surface area contributed by atoms with E-state index in [4.69, 9.17) is 21.1 Å². The van der Waals surface area contributed by atoms with Crippen LogP contribution in [0.5, 0.6) is 11.5 Å². The van der Waals surface area contributed by atoms with Crippen LogP contribution in [0.2, 0.25) is 5.02 Å². The fraction of sp³-hybridized carbons (Fsp3) is 0.0435. The molecule has 0 spiro atoms. The first-order valence-corrected chi connectivity index (χ1v) is 8.99. The molecule has 3 aromatic rings. The number of ether oxygens (including phenoxy) is 2. The Morgan fingerprint density at radius 3 is 2.38 bits per heavy atom. The van der Waals surface area contributed by atoms with E-state index in [2.05, 4.69) is 0 Å². The summed E-state index contributed by atoms with van der Waals surface area (Å²) in [6, 6.07) is 17.0. The van der Waals surface area contributed by atoms with E-state index in [1.54, 1.807) is 30.3 Å². The molecule has 29 heavy (non-hydrogen) atoms. The second kappa shape index (κ2) is 9.17. The zero-order chi connectivity index (χ0) is 20.8. The molecule has 6 heteroatoms. The maximum absolute atomic E-state index is 13.8. The van der Waals surface area contributed by atoms with Crippen molar-refractivity contribution >= 4 is 29.4 Å². The Morgan fingerprint density at radius 1 is 0.966 bits per heavy atom. The minimum absolute atomic E-state index is 0.143. The van der Waals surface area contributed by atoms with Crippen LogP contribution in [0.1, 0.15) is 26.3 Å². The fourth-order valence-corrected chi connectivity index (χ4v) is 2.81.